The average Bonchev–Trinajstić information content (AvgIpc) is 2.74. The number of aryl methyl sites for hydroxylation is 2. The number of hydrogen-bond donors (Lipinski definition) is 2. The van der Waals surface area contributed by atoms with Crippen molar-refractivity contribution in [1.82, 2.24) is 14.1 Å². The van der Waals surface area contributed by atoms with Gasteiger partial charge in [-0.15, -0.1) is 11.8 Å². The Labute approximate surface area is 175 Å². The number of carbonyl (C=O) groups excluding carboxylic acids is 2. The molecule has 0 bridgehead atoms. The zero-order chi connectivity index (χ0) is 22.0. The van der Waals surface area contributed by atoms with Gasteiger partial charge in [0.05, 0.1) is 11.1 Å². The SMILES string of the molecule is CCc1cnc2c(c1SCC(=O)Nc1ccc(C(N)=O)cc1)c(=O)n(C)c(=O)n2C. The first-order chi connectivity index (χ1) is 14.2. The molecule has 0 aliphatic heterocycles. The Bertz CT molecular complexity index is 1260. The number of nitrogens with two attached hydrogens (primary N) is 1. The number of aromatic nitrogens is 3. The van der Waals surface area contributed by atoms with Gasteiger partial charge in [0, 0.05) is 36.4 Å². The third kappa shape index (κ3) is 3.99. The van der Waals surface area contributed by atoms with E-state index in [9.17, 15) is 19.2 Å². The van der Waals surface area contributed by atoms with Crippen molar-refractivity contribution in [2.24, 2.45) is 19.8 Å². The molecule has 0 saturated carbocycles. The highest BCUT2D eigenvalue weighted by Crippen LogP contribution is 2.28. The predicted molar refractivity (Wildman–Crippen MR) is 116 cm³/mol. The molecule has 0 saturated heterocycles. The molecule has 0 aliphatic carbocycles. The van der Waals surface area contributed by atoms with E-state index in [1.165, 1.54) is 35.5 Å². The maximum atomic E-state index is 12.8. The van der Waals surface area contributed by atoms with Crippen LogP contribution < -0.4 is 22.3 Å². The van der Waals surface area contributed by atoms with Crippen molar-refractivity contribution in [2.45, 2.75) is 18.2 Å². The van der Waals surface area contributed by atoms with Crippen molar-refractivity contribution in [3.8, 4) is 0 Å². The molecule has 10 heteroatoms. The topological polar surface area (TPSA) is 129 Å². The lowest BCUT2D eigenvalue weighted by Gasteiger charge is -2.13. The Hall–Kier alpha value is -3.40. The summed E-state index contributed by atoms with van der Waals surface area (Å²) in [6.07, 6.45) is 2.25. The summed E-state index contributed by atoms with van der Waals surface area (Å²) in [7, 11) is 2.97. The van der Waals surface area contributed by atoms with Gasteiger partial charge in [-0.2, -0.15) is 0 Å². The largest absolute Gasteiger partial charge is 0.366 e. The number of benzene rings is 1. The lowest BCUT2D eigenvalue weighted by Crippen LogP contribution is -2.37. The molecule has 0 spiro atoms. The maximum absolute atomic E-state index is 12.8. The summed E-state index contributed by atoms with van der Waals surface area (Å²) >= 11 is 1.22. The fraction of sp³-hybridized carbons (Fsp3) is 0.250. The zero-order valence-corrected chi connectivity index (χ0v) is 17.6. The van der Waals surface area contributed by atoms with Crippen LogP contribution in [0.1, 0.15) is 22.8 Å². The molecular formula is C20H21N5O4S. The van der Waals surface area contributed by atoms with Crippen LogP contribution >= 0.6 is 11.8 Å². The number of thioether (sulfide) groups is 1. The molecule has 0 atom stereocenters. The van der Waals surface area contributed by atoms with E-state index in [1.54, 1.807) is 25.4 Å². The van der Waals surface area contributed by atoms with Gasteiger partial charge in [0.15, 0.2) is 0 Å². The second-order valence-corrected chi connectivity index (χ2v) is 7.63. The van der Waals surface area contributed by atoms with E-state index in [0.29, 0.717) is 28.0 Å². The number of primary amides is 1. The molecule has 2 heterocycles. The lowest BCUT2D eigenvalue weighted by molar-refractivity contribution is -0.113. The summed E-state index contributed by atoms with van der Waals surface area (Å²) in [5.41, 5.74) is 6.28. The Balaban J connectivity index is 1.89. The molecule has 2 aromatic heterocycles. The number of carbonyl (C=O) groups is 2. The normalized spacial score (nSPS) is 10.9. The van der Waals surface area contributed by atoms with Crippen LogP contribution in [0.4, 0.5) is 5.69 Å². The van der Waals surface area contributed by atoms with Crippen molar-refractivity contribution < 1.29 is 9.59 Å². The van der Waals surface area contributed by atoms with Gasteiger partial charge in [-0.25, -0.2) is 9.78 Å². The third-order valence-electron chi connectivity index (χ3n) is 4.68. The quantitative estimate of drug-likeness (QED) is 0.565. The number of pyridine rings is 1. The van der Waals surface area contributed by atoms with Crippen LogP contribution in [-0.2, 0) is 25.3 Å². The van der Waals surface area contributed by atoms with Gasteiger partial charge in [0.2, 0.25) is 11.8 Å². The van der Waals surface area contributed by atoms with Gasteiger partial charge in [-0.05, 0) is 36.2 Å². The molecule has 1 aromatic carbocycles. The van der Waals surface area contributed by atoms with Gasteiger partial charge in [0.25, 0.3) is 5.56 Å². The first-order valence-electron chi connectivity index (χ1n) is 9.14. The second kappa shape index (κ2) is 8.54. The fourth-order valence-corrected chi connectivity index (χ4v) is 4.06. The second-order valence-electron chi connectivity index (χ2n) is 6.65. The lowest BCUT2D eigenvalue weighted by atomic mass is 10.2. The Morgan fingerprint density at radius 2 is 1.80 bits per heavy atom. The van der Waals surface area contributed by atoms with Crippen LogP contribution in [0.5, 0.6) is 0 Å². The van der Waals surface area contributed by atoms with E-state index in [1.807, 2.05) is 6.92 Å². The number of rotatable bonds is 6. The monoisotopic (exact) mass is 427 g/mol. The Kier molecular flexibility index (Phi) is 6.06. The summed E-state index contributed by atoms with van der Waals surface area (Å²) < 4.78 is 2.36. The zero-order valence-electron chi connectivity index (χ0n) is 16.8. The van der Waals surface area contributed by atoms with Crippen LogP contribution in [0.15, 0.2) is 44.9 Å². The van der Waals surface area contributed by atoms with Gasteiger partial charge in [0.1, 0.15) is 5.65 Å². The highest BCUT2D eigenvalue weighted by atomic mass is 32.2. The van der Waals surface area contributed by atoms with E-state index >= 15 is 0 Å². The minimum atomic E-state index is -0.545. The molecule has 3 N–H and O–H groups in total. The first-order valence-corrected chi connectivity index (χ1v) is 10.1. The van der Waals surface area contributed by atoms with Crippen LogP contribution in [0.25, 0.3) is 11.0 Å². The Morgan fingerprint density at radius 3 is 2.40 bits per heavy atom. The van der Waals surface area contributed by atoms with Crippen LogP contribution in [0, 0.1) is 0 Å². The fourth-order valence-electron chi connectivity index (χ4n) is 3.01. The van der Waals surface area contributed by atoms with Gasteiger partial charge in [-0.1, -0.05) is 6.92 Å². The summed E-state index contributed by atoms with van der Waals surface area (Å²) in [4.78, 5) is 53.5. The molecule has 0 radical (unpaired) electrons. The number of anilines is 1. The molecule has 0 unspecified atom stereocenters. The highest BCUT2D eigenvalue weighted by molar-refractivity contribution is 8.00. The van der Waals surface area contributed by atoms with E-state index < -0.39 is 17.2 Å². The first kappa shape index (κ1) is 21.3. The molecule has 3 rings (SSSR count). The van der Waals surface area contributed by atoms with Crippen LogP contribution in [0.2, 0.25) is 0 Å². The van der Waals surface area contributed by atoms with Crippen molar-refractivity contribution in [1.29, 1.82) is 0 Å². The molecule has 9 nitrogen and oxygen atoms in total. The molecule has 30 heavy (non-hydrogen) atoms. The minimum Gasteiger partial charge on any atom is -0.366 e. The smallest absolute Gasteiger partial charge is 0.332 e. The number of fused-ring (bicyclic) bond motifs is 1. The van der Waals surface area contributed by atoms with Gasteiger partial charge >= 0.3 is 5.69 Å². The minimum absolute atomic E-state index is 0.0513. The summed E-state index contributed by atoms with van der Waals surface area (Å²) in [6.45, 7) is 1.93. The molecular weight excluding hydrogens is 406 g/mol. The van der Waals surface area contributed by atoms with Crippen LogP contribution in [-0.4, -0.2) is 31.7 Å². The third-order valence-corrected chi connectivity index (χ3v) is 5.84. The van der Waals surface area contributed by atoms with Crippen molar-refractivity contribution in [3.63, 3.8) is 0 Å². The number of hydrogen-bond acceptors (Lipinski definition) is 6. The maximum Gasteiger partial charge on any atom is 0.332 e. The van der Waals surface area contributed by atoms with Crippen molar-refractivity contribution >= 4 is 40.3 Å². The standard InChI is InChI=1S/C20H21N5O4S/c1-4-11-9-22-18-15(19(28)25(3)20(29)24(18)2)16(11)30-10-14(26)23-13-7-5-12(6-8-13)17(21)27/h5-9H,4,10H2,1-3H3,(H2,21,27)(H,23,26). The molecule has 3 aromatic rings. The summed E-state index contributed by atoms with van der Waals surface area (Å²) in [6, 6.07) is 6.24. The van der Waals surface area contributed by atoms with Crippen molar-refractivity contribution in [2.75, 3.05) is 11.1 Å². The van der Waals surface area contributed by atoms with Crippen molar-refractivity contribution in [3.05, 3.63) is 62.4 Å². The van der Waals surface area contributed by atoms with Crippen LogP contribution in [0.3, 0.4) is 0 Å². The van der Waals surface area contributed by atoms with E-state index in [2.05, 4.69) is 10.3 Å². The van der Waals surface area contributed by atoms with Gasteiger partial charge in [-0.3, -0.25) is 23.5 Å². The average molecular weight is 427 g/mol. The highest BCUT2D eigenvalue weighted by Gasteiger charge is 2.18. The molecule has 0 fully saturated rings. The Morgan fingerprint density at radius 1 is 1.13 bits per heavy atom. The van der Waals surface area contributed by atoms with E-state index in [-0.39, 0.29) is 17.3 Å². The number of nitrogens with one attached hydrogen (secondary N) is 1. The predicted octanol–water partition coefficient (Wildman–Crippen LogP) is 1.02. The summed E-state index contributed by atoms with van der Waals surface area (Å²) in [5, 5.41) is 3.07. The number of amides is 2. The molecule has 0 aliphatic rings. The molecule has 156 valence electrons. The number of nitrogens with zero attached hydrogens (tertiary/aromatic N) is 3. The van der Waals surface area contributed by atoms with E-state index in [4.69, 9.17) is 5.73 Å². The summed E-state index contributed by atoms with van der Waals surface area (Å²) in [5.74, 6) is -0.771. The van der Waals surface area contributed by atoms with Gasteiger partial charge < -0.3 is 11.1 Å². The van der Waals surface area contributed by atoms with E-state index in [0.717, 1.165) is 10.1 Å². The molecule has 2 amide bonds.